The van der Waals surface area contributed by atoms with Gasteiger partial charge in [0.25, 0.3) is 0 Å². The molecule has 0 radical (unpaired) electrons. The normalized spacial score (nSPS) is 14.9. The van der Waals surface area contributed by atoms with Crippen molar-refractivity contribution in [3.8, 4) is 17.2 Å². The highest BCUT2D eigenvalue weighted by Crippen LogP contribution is 2.33. The fourth-order valence-corrected chi connectivity index (χ4v) is 5.83. The van der Waals surface area contributed by atoms with E-state index in [-0.39, 0.29) is 6.79 Å². The Morgan fingerprint density at radius 2 is 1.55 bits per heavy atom. The van der Waals surface area contributed by atoms with Crippen LogP contribution in [0.4, 0.5) is 24.9 Å². The molecule has 0 amide bonds. The lowest BCUT2D eigenvalue weighted by Crippen LogP contribution is -2.46. The summed E-state index contributed by atoms with van der Waals surface area (Å²) in [6.07, 6.45) is -1.96. The molecule has 0 unspecified atom stereocenters. The van der Waals surface area contributed by atoms with Crippen LogP contribution < -0.4 is 24.4 Å². The van der Waals surface area contributed by atoms with E-state index in [4.69, 9.17) is 24.2 Å². The van der Waals surface area contributed by atoms with E-state index in [0.29, 0.717) is 41.6 Å². The predicted octanol–water partition coefficient (Wildman–Crippen LogP) is 5.61. The second-order valence-electron chi connectivity index (χ2n) is 11.6. The average Bonchev–Trinajstić information content (AvgIpc) is 3.72. The van der Waals surface area contributed by atoms with Gasteiger partial charge in [0, 0.05) is 39.3 Å². The first-order valence-electron chi connectivity index (χ1n) is 15.4. The summed E-state index contributed by atoms with van der Waals surface area (Å²) in [5.41, 5.74) is 3.57. The van der Waals surface area contributed by atoms with Gasteiger partial charge in [-0.25, -0.2) is 4.98 Å². The number of benzene rings is 3. The van der Waals surface area contributed by atoms with Crippen molar-refractivity contribution in [3.63, 3.8) is 0 Å². The maximum atomic E-state index is 13.1. The fraction of sp³-hybridized carbons (Fsp3) is 0.324. The summed E-state index contributed by atoms with van der Waals surface area (Å²) in [4.78, 5) is 19.0. The SMILES string of the molecule is COc1ccc(CCNc2nc(N3CCN(Cc4ccc5c(c4)OCO5)CC3)nc3c2ncn3Cc2ccc(C(F)(F)F)cc2)cc1. The van der Waals surface area contributed by atoms with Crippen molar-refractivity contribution in [2.24, 2.45) is 0 Å². The molecule has 0 bridgehead atoms. The highest BCUT2D eigenvalue weighted by Gasteiger charge is 2.30. The maximum Gasteiger partial charge on any atom is 0.416 e. The lowest BCUT2D eigenvalue weighted by Gasteiger charge is -2.34. The molecule has 13 heteroatoms. The molecule has 47 heavy (non-hydrogen) atoms. The van der Waals surface area contributed by atoms with Gasteiger partial charge in [-0.2, -0.15) is 23.1 Å². The minimum Gasteiger partial charge on any atom is -0.497 e. The van der Waals surface area contributed by atoms with E-state index in [1.54, 1.807) is 13.4 Å². The second kappa shape index (κ2) is 13.0. The summed E-state index contributed by atoms with van der Waals surface area (Å²) in [6, 6.07) is 19.2. The molecular formula is C34H34F3N7O3. The lowest BCUT2D eigenvalue weighted by atomic mass is 10.1. The van der Waals surface area contributed by atoms with Crippen molar-refractivity contribution in [3.05, 3.63) is 95.3 Å². The zero-order chi connectivity index (χ0) is 32.4. The van der Waals surface area contributed by atoms with Crippen LogP contribution in [0.5, 0.6) is 17.2 Å². The van der Waals surface area contributed by atoms with Gasteiger partial charge in [-0.05, 0) is 59.5 Å². The quantitative estimate of drug-likeness (QED) is 0.208. The van der Waals surface area contributed by atoms with E-state index in [9.17, 15) is 13.2 Å². The number of nitrogens with zero attached hydrogens (tertiary/aromatic N) is 6. The molecule has 1 fully saturated rings. The number of anilines is 2. The van der Waals surface area contributed by atoms with Crippen molar-refractivity contribution >= 4 is 22.9 Å². The molecule has 1 N–H and O–H groups in total. The zero-order valence-corrected chi connectivity index (χ0v) is 25.8. The molecule has 2 aliphatic rings. The largest absolute Gasteiger partial charge is 0.497 e. The number of hydrogen-bond donors (Lipinski definition) is 1. The number of rotatable bonds is 10. The van der Waals surface area contributed by atoms with Gasteiger partial charge < -0.3 is 29.0 Å². The topological polar surface area (TPSA) is 89.8 Å². The maximum absolute atomic E-state index is 13.1. The molecule has 0 spiro atoms. The summed E-state index contributed by atoms with van der Waals surface area (Å²) in [6.45, 7) is 5.09. The number of methoxy groups -OCH3 is 1. The van der Waals surface area contributed by atoms with Gasteiger partial charge >= 0.3 is 6.18 Å². The average molecular weight is 646 g/mol. The van der Waals surface area contributed by atoms with Gasteiger partial charge in [-0.3, -0.25) is 4.90 Å². The van der Waals surface area contributed by atoms with E-state index >= 15 is 0 Å². The Labute approximate surface area is 269 Å². The van der Waals surface area contributed by atoms with Gasteiger partial charge in [0.1, 0.15) is 5.75 Å². The van der Waals surface area contributed by atoms with E-state index < -0.39 is 11.7 Å². The summed E-state index contributed by atoms with van der Waals surface area (Å²) >= 11 is 0. The van der Waals surface area contributed by atoms with Crippen LogP contribution in [0.3, 0.4) is 0 Å². The molecule has 2 aliphatic heterocycles. The molecule has 10 nitrogen and oxygen atoms in total. The van der Waals surface area contributed by atoms with Crippen molar-refractivity contribution in [1.29, 1.82) is 0 Å². The third-order valence-corrected chi connectivity index (χ3v) is 8.45. The first kappa shape index (κ1) is 30.6. The van der Waals surface area contributed by atoms with Gasteiger partial charge in [0.2, 0.25) is 12.7 Å². The van der Waals surface area contributed by atoms with Crippen LogP contribution in [0.15, 0.2) is 73.1 Å². The Bertz CT molecular complexity index is 1840. The Morgan fingerprint density at radius 3 is 2.30 bits per heavy atom. The first-order valence-corrected chi connectivity index (χ1v) is 15.4. The van der Waals surface area contributed by atoms with Crippen LogP contribution >= 0.6 is 0 Å². The number of aromatic nitrogens is 4. The highest BCUT2D eigenvalue weighted by atomic mass is 19.4. The number of nitrogens with one attached hydrogen (secondary N) is 1. The van der Waals surface area contributed by atoms with Crippen LogP contribution in [0.1, 0.15) is 22.3 Å². The minimum atomic E-state index is -4.39. The van der Waals surface area contributed by atoms with E-state index in [1.165, 1.54) is 12.1 Å². The summed E-state index contributed by atoms with van der Waals surface area (Å²) < 4.78 is 57.5. The molecule has 7 rings (SSSR count). The molecule has 4 heterocycles. The highest BCUT2D eigenvalue weighted by molar-refractivity contribution is 5.84. The number of fused-ring (bicyclic) bond motifs is 2. The molecule has 3 aromatic carbocycles. The smallest absolute Gasteiger partial charge is 0.416 e. The van der Waals surface area contributed by atoms with Crippen LogP contribution in [-0.2, 0) is 25.7 Å². The third-order valence-electron chi connectivity index (χ3n) is 8.45. The molecule has 0 saturated carbocycles. The monoisotopic (exact) mass is 645 g/mol. The molecule has 0 atom stereocenters. The van der Waals surface area contributed by atoms with Crippen molar-refractivity contribution in [2.75, 3.05) is 56.8 Å². The van der Waals surface area contributed by atoms with Gasteiger partial charge in [0.15, 0.2) is 28.5 Å². The van der Waals surface area contributed by atoms with Crippen molar-refractivity contribution < 1.29 is 27.4 Å². The van der Waals surface area contributed by atoms with Crippen molar-refractivity contribution in [1.82, 2.24) is 24.4 Å². The Kier molecular flexibility index (Phi) is 8.46. The summed E-state index contributed by atoms with van der Waals surface area (Å²) in [5.74, 6) is 3.56. The second-order valence-corrected chi connectivity index (χ2v) is 11.6. The first-order chi connectivity index (χ1) is 22.8. The van der Waals surface area contributed by atoms with E-state index in [1.807, 2.05) is 41.0 Å². The third kappa shape index (κ3) is 6.89. The number of alkyl halides is 3. The number of ether oxygens (including phenoxy) is 3. The van der Waals surface area contributed by atoms with Crippen LogP contribution in [0, 0.1) is 0 Å². The Balaban J connectivity index is 1.10. The standard InChI is InChI=1S/C34H34F3N7O3/c1-45-27-9-4-23(5-10-27)12-13-38-31-30-32(44(21-39-30)20-24-2-7-26(8-3-24)34(35,36)37)41-33(40-31)43-16-14-42(15-17-43)19-25-6-11-28-29(18-25)47-22-46-28/h2-11,18,21H,12-17,19-20,22H2,1H3,(H,38,40,41). The molecule has 0 aliphatic carbocycles. The van der Waals surface area contributed by atoms with Crippen molar-refractivity contribution in [2.45, 2.75) is 25.7 Å². The Hall–Kier alpha value is -5.04. The lowest BCUT2D eigenvalue weighted by molar-refractivity contribution is -0.137. The molecular weight excluding hydrogens is 611 g/mol. The zero-order valence-electron chi connectivity index (χ0n) is 25.8. The Morgan fingerprint density at radius 1 is 0.830 bits per heavy atom. The summed E-state index contributed by atoms with van der Waals surface area (Å²) in [7, 11) is 1.64. The minimum absolute atomic E-state index is 0.253. The molecule has 1 saturated heterocycles. The van der Waals surface area contributed by atoms with Crippen LogP contribution in [0.25, 0.3) is 11.2 Å². The molecule has 244 valence electrons. The van der Waals surface area contributed by atoms with Gasteiger partial charge in [-0.1, -0.05) is 30.3 Å². The number of hydrogen-bond acceptors (Lipinski definition) is 9. The van der Waals surface area contributed by atoms with Crippen LogP contribution in [-0.4, -0.2) is 71.0 Å². The van der Waals surface area contributed by atoms with E-state index in [2.05, 4.69) is 26.2 Å². The van der Waals surface area contributed by atoms with Gasteiger partial charge in [0.05, 0.1) is 25.5 Å². The van der Waals surface area contributed by atoms with Crippen LogP contribution in [0.2, 0.25) is 0 Å². The van der Waals surface area contributed by atoms with Gasteiger partial charge in [-0.15, -0.1) is 0 Å². The van der Waals surface area contributed by atoms with E-state index in [0.717, 1.165) is 79.7 Å². The summed E-state index contributed by atoms with van der Waals surface area (Å²) in [5, 5.41) is 3.47. The number of piperazine rings is 1. The number of imidazole rings is 1. The fourth-order valence-electron chi connectivity index (χ4n) is 5.83. The molecule has 2 aromatic heterocycles. The predicted molar refractivity (Wildman–Crippen MR) is 171 cm³/mol. The number of halogens is 3. The molecule has 5 aromatic rings.